The number of rotatable bonds is 7. The molecule has 0 amide bonds. The van der Waals surface area contributed by atoms with E-state index in [1.165, 1.54) is 143 Å². The summed E-state index contributed by atoms with van der Waals surface area (Å²) in [4.78, 5) is 2.53. The predicted octanol–water partition coefficient (Wildman–Crippen LogP) is 16.5. The molecule has 60 heavy (non-hydrogen) atoms. The third-order valence-electron chi connectivity index (χ3n) is 16.2. The first-order chi connectivity index (χ1) is 29.4. The fourth-order valence-corrected chi connectivity index (χ4v) is 13.8. The normalized spacial score (nSPS) is 23.7. The minimum atomic E-state index is -0.0762. The van der Waals surface area contributed by atoms with Gasteiger partial charge in [0.1, 0.15) is 0 Å². The van der Waals surface area contributed by atoms with Gasteiger partial charge in [-0.2, -0.15) is 0 Å². The number of anilines is 3. The van der Waals surface area contributed by atoms with Crippen molar-refractivity contribution < 1.29 is 0 Å². The van der Waals surface area contributed by atoms with Crippen LogP contribution in [0.5, 0.6) is 0 Å². The summed E-state index contributed by atoms with van der Waals surface area (Å²) in [6.07, 6.45) is 15.4. The molecule has 6 aliphatic rings. The molecule has 13 rings (SSSR count). The number of fused-ring (bicyclic) bond motifs is 4. The van der Waals surface area contributed by atoms with Crippen LogP contribution in [0.25, 0.3) is 44.2 Å². The van der Waals surface area contributed by atoms with Crippen molar-refractivity contribution in [2.24, 2.45) is 17.8 Å². The van der Waals surface area contributed by atoms with E-state index in [1.54, 1.807) is 11.1 Å². The molecular weight excluding hydrogens is 723 g/mol. The zero-order valence-electron chi connectivity index (χ0n) is 35.5. The van der Waals surface area contributed by atoms with Crippen molar-refractivity contribution in [1.82, 2.24) is 0 Å². The van der Waals surface area contributed by atoms with Crippen molar-refractivity contribution in [3.8, 4) is 33.4 Å². The van der Waals surface area contributed by atoms with Crippen molar-refractivity contribution >= 4 is 27.8 Å². The van der Waals surface area contributed by atoms with E-state index in [1.807, 2.05) is 0 Å². The van der Waals surface area contributed by atoms with Crippen LogP contribution in [0.15, 0.2) is 152 Å². The van der Waals surface area contributed by atoms with E-state index in [9.17, 15) is 0 Å². The SMILES string of the molecule is CC1(C)c2cc(N(c3ccc(-c4ccc5ccccc5c4-c4ccccc4)cc3)c3ccc(C45CC6CC(CC(C6)C4)C5)cc3)ccc2-c2c(C3CCCCC3)cccc21. The molecule has 298 valence electrons. The minimum Gasteiger partial charge on any atom is -0.310 e. The van der Waals surface area contributed by atoms with Gasteiger partial charge >= 0.3 is 0 Å². The first-order valence-electron chi connectivity index (χ1n) is 23.3. The largest absolute Gasteiger partial charge is 0.310 e. The molecule has 0 aliphatic heterocycles. The number of benzene rings is 7. The molecule has 0 heterocycles. The molecule has 5 saturated carbocycles. The van der Waals surface area contributed by atoms with E-state index in [-0.39, 0.29) is 5.41 Å². The Balaban J connectivity index is 0.971. The Kier molecular flexibility index (Phi) is 8.56. The van der Waals surface area contributed by atoms with Crippen LogP contribution in [-0.4, -0.2) is 0 Å². The fraction of sp³-hybridized carbons (Fsp3) is 0.322. The smallest absolute Gasteiger partial charge is 0.0465 e. The van der Waals surface area contributed by atoms with Gasteiger partial charge in [0.2, 0.25) is 0 Å². The Bertz CT molecular complexity index is 2690. The summed E-state index contributed by atoms with van der Waals surface area (Å²) in [7, 11) is 0. The topological polar surface area (TPSA) is 3.24 Å². The average Bonchev–Trinajstić information content (AvgIpc) is 3.52. The molecule has 0 spiro atoms. The standard InChI is InChI=1S/C59H57N/c1-58(2)54-19-11-18-51(42-12-5-3-6-13-42)57(54)53-31-29-49(35-55(53)58)60(48-27-23-46(24-28-48)59-36-39-32-40(37-59)34-41(33-39)38-59)47-25-20-44(21-26-47)52-30-22-43-14-9-10-17-50(43)56(52)45-15-7-4-8-16-45/h4,7-11,14-31,35,39-42H,3,5-6,12-13,32-34,36-38H2,1-2H3. The Morgan fingerprint density at radius 3 is 1.83 bits per heavy atom. The van der Waals surface area contributed by atoms with Crippen LogP contribution in [0.2, 0.25) is 0 Å². The van der Waals surface area contributed by atoms with E-state index in [0.717, 1.165) is 17.8 Å². The maximum Gasteiger partial charge on any atom is 0.0465 e. The number of hydrogen-bond donors (Lipinski definition) is 0. The van der Waals surface area contributed by atoms with Crippen LogP contribution < -0.4 is 4.90 Å². The predicted molar refractivity (Wildman–Crippen MR) is 253 cm³/mol. The van der Waals surface area contributed by atoms with Gasteiger partial charge in [0.25, 0.3) is 0 Å². The Hall–Kier alpha value is -5.40. The summed E-state index contributed by atoms with van der Waals surface area (Å²) >= 11 is 0. The highest BCUT2D eigenvalue weighted by atomic mass is 15.1. The monoisotopic (exact) mass is 779 g/mol. The van der Waals surface area contributed by atoms with Gasteiger partial charge in [-0.3, -0.25) is 0 Å². The average molecular weight is 780 g/mol. The molecule has 0 radical (unpaired) electrons. The molecule has 0 saturated heterocycles. The first kappa shape index (κ1) is 36.5. The molecular formula is C59H57N. The van der Waals surface area contributed by atoms with Crippen LogP contribution >= 0.6 is 0 Å². The second-order valence-electron chi connectivity index (χ2n) is 20.2. The highest BCUT2D eigenvalue weighted by Crippen LogP contribution is 2.61. The number of nitrogens with zero attached hydrogens (tertiary/aromatic N) is 1. The van der Waals surface area contributed by atoms with Crippen LogP contribution in [0, 0.1) is 17.8 Å². The van der Waals surface area contributed by atoms with Crippen LogP contribution in [0.3, 0.4) is 0 Å². The second-order valence-corrected chi connectivity index (χ2v) is 20.2. The maximum atomic E-state index is 2.54. The summed E-state index contributed by atoms with van der Waals surface area (Å²) in [5, 5.41) is 2.56. The van der Waals surface area contributed by atoms with Gasteiger partial charge in [0.15, 0.2) is 0 Å². The van der Waals surface area contributed by atoms with Gasteiger partial charge in [-0.25, -0.2) is 0 Å². The van der Waals surface area contributed by atoms with Crippen molar-refractivity contribution in [3.63, 3.8) is 0 Å². The molecule has 0 N–H and O–H groups in total. The fourth-order valence-electron chi connectivity index (χ4n) is 13.8. The molecule has 4 bridgehead atoms. The molecule has 5 fully saturated rings. The quantitative estimate of drug-likeness (QED) is 0.156. The summed E-state index contributed by atoms with van der Waals surface area (Å²) in [6, 6.07) is 58.4. The lowest BCUT2D eigenvalue weighted by Crippen LogP contribution is -2.48. The van der Waals surface area contributed by atoms with Gasteiger partial charge in [-0.1, -0.05) is 148 Å². The Morgan fingerprint density at radius 1 is 0.483 bits per heavy atom. The van der Waals surface area contributed by atoms with Gasteiger partial charge in [0, 0.05) is 22.5 Å². The zero-order chi connectivity index (χ0) is 40.0. The van der Waals surface area contributed by atoms with Crippen LogP contribution in [0.4, 0.5) is 17.1 Å². The van der Waals surface area contributed by atoms with Gasteiger partial charge in [-0.15, -0.1) is 0 Å². The van der Waals surface area contributed by atoms with Gasteiger partial charge in [-0.05, 0) is 183 Å². The molecule has 6 aliphatic carbocycles. The highest BCUT2D eigenvalue weighted by Gasteiger charge is 2.51. The van der Waals surface area contributed by atoms with E-state index < -0.39 is 0 Å². The first-order valence-corrected chi connectivity index (χ1v) is 23.3. The molecule has 7 aromatic rings. The van der Waals surface area contributed by atoms with Crippen molar-refractivity contribution in [2.75, 3.05) is 4.90 Å². The molecule has 1 heteroatoms. The minimum absolute atomic E-state index is 0.0762. The zero-order valence-corrected chi connectivity index (χ0v) is 35.5. The van der Waals surface area contributed by atoms with Gasteiger partial charge < -0.3 is 4.90 Å². The molecule has 0 unspecified atom stereocenters. The third kappa shape index (κ3) is 5.86. The van der Waals surface area contributed by atoms with Crippen LogP contribution in [0.1, 0.15) is 113 Å². The van der Waals surface area contributed by atoms with Crippen molar-refractivity contribution in [3.05, 3.63) is 174 Å². The summed E-state index contributed by atoms with van der Waals surface area (Å²) < 4.78 is 0. The molecule has 7 aromatic carbocycles. The van der Waals surface area contributed by atoms with E-state index in [0.29, 0.717) is 11.3 Å². The Labute approximate surface area is 357 Å². The summed E-state index contributed by atoms with van der Waals surface area (Å²) in [5.74, 6) is 3.48. The lowest BCUT2D eigenvalue weighted by Gasteiger charge is -2.57. The highest BCUT2D eigenvalue weighted by molar-refractivity contribution is 6.04. The Morgan fingerprint density at radius 2 is 1.12 bits per heavy atom. The lowest BCUT2D eigenvalue weighted by molar-refractivity contribution is -0.00518. The maximum absolute atomic E-state index is 2.54. The van der Waals surface area contributed by atoms with E-state index in [4.69, 9.17) is 0 Å². The molecule has 1 nitrogen and oxygen atoms in total. The van der Waals surface area contributed by atoms with Gasteiger partial charge in [0.05, 0.1) is 0 Å². The summed E-state index contributed by atoms with van der Waals surface area (Å²) in [5.41, 5.74) is 18.1. The second kappa shape index (κ2) is 14.1. The number of hydrogen-bond acceptors (Lipinski definition) is 1. The van der Waals surface area contributed by atoms with Crippen molar-refractivity contribution in [1.29, 1.82) is 0 Å². The van der Waals surface area contributed by atoms with Crippen LogP contribution in [-0.2, 0) is 10.8 Å². The van der Waals surface area contributed by atoms with E-state index >= 15 is 0 Å². The summed E-state index contributed by atoms with van der Waals surface area (Å²) in [6.45, 7) is 4.92. The van der Waals surface area contributed by atoms with Crippen molar-refractivity contribution in [2.45, 2.75) is 101 Å². The molecule has 0 atom stereocenters. The molecule has 0 aromatic heterocycles. The van der Waals surface area contributed by atoms with E-state index in [2.05, 4.69) is 170 Å². The third-order valence-corrected chi connectivity index (χ3v) is 16.2. The lowest BCUT2D eigenvalue weighted by atomic mass is 9.48.